The molecule has 98 valence electrons. The van der Waals surface area contributed by atoms with Gasteiger partial charge < -0.3 is 9.64 Å². The standard InChI is InChI=1S/C10H15N5O3/c11-14-9(17)6-7-5-8(16)13-10(12-7)15-1-3-18-4-2-15/h5H,1-4,6,11H2,(H,14,17)(H,12,13,16). The minimum atomic E-state index is -0.388. The topological polar surface area (TPSA) is 113 Å². The Morgan fingerprint density at radius 1 is 1.56 bits per heavy atom. The zero-order valence-corrected chi connectivity index (χ0v) is 9.81. The fourth-order valence-electron chi connectivity index (χ4n) is 1.72. The number of amides is 1. The molecule has 8 nitrogen and oxygen atoms in total. The molecule has 2 rings (SSSR count). The van der Waals surface area contributed by atoms with Gasteiger partial charge in [0.25, 0.3) is 5.56 Å². The van der Waals surface area contributed by atoms with Crippen LogP contribution in [0.15, 0.2) is 10.9 Å². The highest BCUT2D eigenvalue weighted by Gasteiger charge is 2.14. The second-order valence-electron chi connectivity index (χ2n) is 3.90. The molecule has 1 aliphatic heterocycles. The molecule has 1 saturated heterocycles. The van der Waals surface area contributed by atoms with Gasteiger partial charge in [0.05, 0.1) is 25.3 Å². The molecule has 2 heterocycles. The molecule has 1 fully saturated rings. The van der Waals surface area contributed by atoms with Gasteiger partial charge in [-0.2, -0.15) is 0 Å². The Kier molecular flexibility index (Phi) is 3.90. The predicted octanol–water partition coefficient (Wildman–Crippen LogP) is -1.86. The van der Waals surface area contributed by atoms with Crippen molar-refractivity contribution in [2.45, 2.75) is 6.42 Å². The monoisotopic (exact) mass is 253 g/mol. The first-order valence-electron chi connectivity index (χ1n) is 5.61. The number of aromatic amines is 1. The number of nitrogens with zero attached hydrogens (tertiary/aromatic N) is 2. The van der Waals surface area contributed by atoms with Crippen LogP contribution in [0, 0.1) is 0 Å². The lowest BCUT2D eigenvalue weighted by molar-refractivity contribution is -0.120. The van der Waals surface area contributed by atoms with Crippen LogP contribution in [-0.2, 0) is 16.0 Å². The molecular formula is C10H15N5O3. The van der Waals surface area contributed by atoms with Gasteiger partial charge in [-0.3, -0.25) is 20.0 Å². The molecule has 0 unspecified atom stereocenters. The SMILES string of the molecule is NNC(=O)Cc1cc(=O)[nH]c(N2CCOCC2)n1. The number of nitrogens with one attached hydrogen (secondary N) is 2. The van der Waals surface area contributed by atoms with Gasteiger partial charge in [0.2, 0.25) is 11.9 Å². The Labute approximate surface area is 103 Å². The number of carbonyl (C=O) groups is 1. The average Bonchev–Trinajstić information content (AvgIpc) is 2.39. The number of nitrogens with two attached hydrogens (primary N) is 1. The Bertz CT molecular complexity index is 481. The number of hydrogen-bond donors (Lipinski definition) is 3. The van der Waals surface area contributed by atoms with Crippen molar-refractivity contribution in [2.75, 3.05) is 31.2 Å². The smallest absolute Gasteiger partial charge is 0.252 e. The van der Waals surface area contributed by atoms with Crippen molar-refractivity contribution >= 4 is 11.9 Å². The van der Waals surface area contributed by atoms with Gasteiger partial charge in [0, 0.05) is 19.2 Å². The number of morpholine rings is 1. The first-order valence-corrected chi connectivity index (χ1v) is 5.61. The second kappa shape index (κ2) is 5.61. The highest BCUT2D eigenvalue weighted by molar-refractivity contribution is 5.77. The van der Waals surface area contributed by atoms with Crippen LogP contribution in [0.5, 0.6) is 0 Å². The molecule has 18 heavy (non-hydrogen) atoms. The summed E-state index contributed by atoms with van der Waals surface area (Å²) in [5, 5.41) is 0. The zero-order valence-electron chi connectivity index (χ0n) is 9.81. The zero-order chi connectivity index (χ0) is 13.0. The van der Waals surface area contributed by atoms with Crippen LogP contribution in [0.1, 0.15) is 5.69 Å². The van der Waals surface area contributed by atoms with Crippen LogP contribution in [0.4, 0.5) is 5.95 Å². The quantitative estimate of drug-likeness (QED) is 0.331. The van der Waals surface area contributed by atoms with Crippen molar-refractivity contribution < 1.29 is 9.53 Å². The first-order chi connectivity index (χ1) is 8.69. The van der Waals surface area contributed by atoms with Crippen molar-refractivity contribution in [3.63, 3.8) is 0 Å². The Morgan fingerprint density at radius 3 is 2.94 bits per heavy atom. The highest BCUT2D eigenvalue weighted by atomic mass is 16.5. The number of anilines is 1. The maximum atomic E-state index is 11.5. The van der Waals surface area contributed by atoms with E-state index in [0.717, 1.165) is 0 Å². The van der Waals surface area contributed by atoms with Gasteiger partial charge in [-0.15, -0.1) is 0 Å². The van der Waals surface area contributed by atoms with Gasteiger partial charge in [-0.25, -0.2) is 10.8 Å². The van der Waals surface area contributed by atoms with E-state index < -0.39 is 0 Å². The first kappa shape index (κ1) is 12.5. The van der Waals surface area contributed by atoms with Crippen LogP contribution in [0.25, 0.3) is 0 Å². The molecule has 0 radical (unpaired) electrons. The van der Waals surface area contributed by atoms with Crippen LogP contribution in [0.2, 0.25) is 0 Å². The number of ether oxygens (including phenoxy) is 1. The third-order valence-corrected chi connectivity index (χ3v) is 2.60. The second-order valence-corrected chi connectivity index (χ2v) is 3.90. The van der Waals surface area contributed by atoms with Crippen LogP contribution in [-0.4, -0.2) is 42.2 Å². The van der Waals surface area contributed by atoms with Crippen molar-refractivity contribution in [3.8, 4) is 0 Å². The van der Waals surface area contributed by atoms with E-state index in [2.05, 4.69) is 9.97 Å². The maximum Gasteiger partial charge on any atom is 0.252 e. The van der Waals surface area contributed by atoms with E-state index in [1.165, 1.54) is 6.07 Å². The molecule has 0 spiro atoms. The molecule has 1 amide bonds. The summed E-state index contributed by atoms with van der Waals surface area (Å²) in [5.74, 6) is 5.07. The minimum Gasteiger partial charge on any atom is -0.378 e. The Balaban J connectivity index is 2.20. The van der Waals surface area contributed by atoms with Gasteiger partial charge in [0.1, 0.15) is 0 Å². The summed E-state index contributed by atoms with van der Waals surface area (Å²) in [5.41, 5.74) is 2.11. The summed E-state index contributed by atoms with van der Waals surface area (Å²) in [6, 6.07) is 1.29. The lowest BCUT2D eigenvalue weighted by Gasteiger charge is -2.27. The molecule has 1 aliphatic rings. The molecular weight excluding hydrogens is 238 g/mol. The summed E-state index contributed by atoms with van der Waals surface area (Å²) in [6.45, 7) is 2.51. The number of rotatable bonds is 3. The number of hydrogen-bond acceptors (Lipinski definition) is 6. The molecule has 8 heteroatoms. The molecule has 1 aromatic heterocycles. The maximum absolute atomic E-state index is 11.5. The normalized spacial score (nSPS) is 15.5. The summed E-state index contributed by atoms with van der Waals surface area (Å²) in [4.78, 5) is 31.5. The molecule has 0 aromatic carbocycles. The van der Waals surface area contributed by atoms with Gasteiger partial charge in [-0.1, -0.05) is 0 Å². The number of carbonyl (C=O) groups excluding carboxylic acids is 1. The Hall–Kier alpha value is -1.93. The van der Waals surface area contributed by atoms with Gasteiger partial charge in [-0.05, 0) is 0 Å². The van der Waals surface area contributed by atoms with Crippen molar-refractivity contribution in [2.24, 2.45) is 5.84 Å². The van der Waals surface area contributed by atoms with Crippen molar-refractivity contribution in [1.29, 1.82) is 0 Å². The van der Waals surface area contributed by atoms with E-state index >= 15 is 0 Å². The third-order valence-electron chi connectivity index (χ3n) is 2.60. The van der Waals surface area contributed by atoms with E-state index in [1.54, 1.807) is 0 Å². The van der Waals surface area contributed by atoms with E-state index in [1.807, 2.05) is 10.3 Å². The van der Waals surface area contributed by atoms with Gasteiger partial charge >= 0.3 is 0 Å². The minimum absolute atomic E-state index is 0.0161. The van der Waals surface area contributed by atoms with Crippen LogP contribution in [0.3, 0.4) is 0 Å². The van der Waals surface area contributed by atoms with Crippen molar-refractivity contribution in [1.82, 2.24) is 15.4 Å². The van der Waals surface area contributed by atoms with E-state index in [9.17, 15) is 9.59 Å². The number of aromatic nitrogens is 2. The summed E-state index contributed by atoms with van der Waals surface area (Å²) < 4.78 is 5.22. The Morgan fingerprint density at radius 2 is 2.28 bits per heavy atom. The largest absolute Gasteiger partial charge is 0.378 e. The lowest BCUT2D eigenvalue weighted by Crippen LogP contribution is -2.38. The average molecular weight is 253 g/mol. The lowest BCUT2D eigenvalue weighted by atomic mass is 10.3. The molecule has 1 aromatic rings. The van der Waals surface area contributed by atoms with Crippen LogP contribution < -0.4 is 21.7 Å². The molecule has 0 atom stereocenters. The summed E-state index contributed by atoms with van der Waals surface area (Å²) in [6.07, 6.45) is -0.0161. The molecule has 0 aliphatic carbocycles. The molecule has 0 saturated carbocycles. The fraction of sp³-hybridized carbons (Fsp3) is 0.500. The summed E-state index contributed by atoms with van der Waals surface area (Å²) >= 11 is 0. The van der Waals surface area contributed by atoms with E-state index in [4.69, 9.17) is 10.6 Å². The molecule has 4 N–H and O–H groups in total. The van der Waals surface area contributed by atoms with Crippen molar-refractivity contribution in [3.05, 3.63) is 22.1 Å². The van der Waals surface area contributed by atoms with E-state index in [0.29, 0.717) is 37.9 Å². The van der Waals surface area contributed by atoms with Gasteiger partial charge in [0.15, 0.2) is 0 Å². The number of hydrazine groups is 1. The third kappa shape index (κ3) is 3.05. The summed E-state index contributed by atoms with van der Waals surface area (Å²) in [7, 11) is 0. The van der Waals surface area contributed by atoms with Crippen LogP contribution >= 0.6 is 0 Å². The fourth-order valence-corrected chi connectivity index (χ4v) is 1.72. The number of H-pyrrole nitrogens is 1. The molecule has 0 bridgehead atoms. The predicted molar refractivity (Wildman–Crippen MR) is 63.9 cm³/mol. The highest BCUT2D eigenvalue weighted by Crippen LogP contribution is 2.08. The van der Waals surface area contributed by atoms with E-state index in [-0.39, 0.29) is 17.9 Å².